The van der Waals surface area contributed by atoms with E-state index in [-0.39, 0.29) is 76.3 Å². The molecule has 0 radical (unpaired) electrons. The van der Waals surface area contributed by atoms with Crippen molar-refractivity contribution >= 4 is 71.0 Å². The summed E-state index contributed by atoms with van der Waals surface area (Å²) in [6, 6.07) is -4.78. The number of carbonyl (C=O) groups excluding carboxylic acids is 10. The summed E-state index contributed by atoms with van der Waals surface area (Å²) in [5.74, 6) is -12.4. The van der Waals surface area contributed by atoms with Gasteiger partial charge in [-0.15, -0.1) is 0 Å². The normalized spacial score (nSPS) is 14.0. The number of aromatic hydroxyl groups is 1. The fourth-order valence-electron chi connectivity index (χ4n) is 7.44. The molecular formula is C49H84F3N17O13. The van der Waals surface area contributed by atoms with Crippen LogP contribution in [0.1, 0.15) is 109 Å². The van der Waals surface area contributed by atoms with Crippen molar-refractivity contribution in [3.05, 3.63) is 29.8 Å². The van der Waals surface area contributed by atoms with Gasteiger partial charge < -0.3 is 99.0 Å². The quantitative estimate of drug-likeness (QED) is 0.0167. The van der Waals surface area contributed by atoms with E-state index >= 15 is 0 Å². The molecule has 27 N–H and O–H groups in total. The molecule has 1 rings (SSSR count). The summed E-state index contributed by atoms with van der Waals surface area (Å²) in [5, 5.41) is 34.6. The van der Waals surface area contributed by atoms with Gasteiger partial charge in [0.1, 0.15) is 48.0 Å². The summed E-state index contributed by atoms with van der Waals surface area (Å²) in [6.45, 7) is 4.01. The van der Waals surface area contributed by atoms with Gasteiger partial charge in [-0.1, -0.05) is 26.0 Å². The van der Waals surface area contributed by atoms with E-state index in [4.69, 9.17) is 61.5 Å². The first-order chi connectivity index (χ1) is 38.4. The van der Waals surface area contributed by atoms with E-state index in [1.54, 1.807) is 26.0 Å². The van der Waals surface area contributed by atoms with Crippen LogP contribution in [0.15, 0.2) is 29.3 Å². The number of guanidine groups is 1. The Balaban J connectivity index is 0.00000874. The van der Waals surface area contributed by atoms with E-state index in [1.807, 2.05) is 0 Å². The minimum Gasteiger partial charge on any atom is -0.508 e. The Bertz CT molecular complexity index is 2280. The van der Waals surface area contributed by atoms with Crippen LogP contribution in [0.5, 0.6) is 5.75 Å². The first-order valence-corrected chi connectivity index (χ1v) is 26.4. The van der Waals surface area contributed by atoms with Crippen molar-refractivity contribution in [2.75, 3.05) is 26.2 Å². The van der Waals surface area contributed by atoms with Crippen LogP contribution in [0, 0.1) is 5.92 Å². The van der Waals surface area contributed by atoms with Gasteiger partial charge in [-0.3, -0.25) is 52.9 Å². The third kappa shape index (κ3) is 31.8. The molecule has 0 aliphatic rings. The number of carbonyl (C=O) groups is 11. The van der Waals surface area contributed by atoms with E-state index in [0.29, 0.717) is 50.6 Å². The summed E-state index contributed by atoms with van der Waals surface area (Å²) in [4.78, 5) is 146. The number of amides is 10. The number of nitrogens with one attached hydrogen (secondary N) is 7. The third-order valence-electron chi connectivity index (χ3n) is 11.9. The number of nitrogens with zero attached hydrogens (tertiary/aromatic N) is 1. The molecule has 10 amide bonds. The van der Waals surface area contributed by atoms with Gasteiger partial charge in [-0.05, 0) is 127 Å². The summed E-state index contributed by atoms with van der Waals surface area (Å²) in [7, 11) is 0. The first kappa shape index (κ1) is 74.1. The first-order valence-electron chi connectivity index (χ1n) is 26.4. The van der Waals surface area contributed by atoms with E-state index < -0.39 is 138 Å². The molecular weight excluding hydrogens is 1090 g/mol. The fourth-order valence-corrected chi connectivity index (χ4v) is 7.44. The lowest BCUT2D eigenvalue weighted by Crippen LogP contribution is -2.61. The van der Waals surface area contributed by atoms with Crippen LogP contribution >= 0.6 is 0 Å². The summed E-state index contributed by atoms with van der Waals surface area (Å²) >= 11 is 0. The van der Waals surface area contributed by atoms with Crippen molar-refractivity contribution in [1.82, 2.24) is 37.2 Å². The number of aliphatic carboxylic acids is 1. The molecule has 0 unspecified atom stereocenters. The fraction of sp³-hybridized carbons (Fsp3) is 0.633. The van der Waals surface area contributed by atoms with Crippen LogP contribution in [-0.2, 0) is 59.2 Å². The molecule has 0 heterocycles. The number of aliphatic imine (C=N–C) groups is 1. The van der Waals surface area contributed by atoms with Crippen molar-refractivity contribution in [3.63, 3.8) is 0 Å². The number of primary amides is 3. The molecule has 30 nitrogen and oxygen atoms in total. The number of phenolic OH excluding ortho intramolecular Hbond substituents is 1. The minimum atomic E-state index is -5.08. The van der Waals surface area contributed by atoms with Crippen LogP contribution in [0.3, 0.4) is 0 Å². The van der Waals surface area contributed by atoms with Gasteiger partial charge in [-0.25, -0.2) is 4.79 Å². The van der Waals surface area contributed by atoms with Gasteiger partial charge in [0.2, 0.25) is 59.1 Å². The molecule has 8 atom stereocenters. The number of carboxylic acid groups (broad SMARTS) is 1. The molecule has 0 aromatic heterocycles. The highest BCUT2D eigenvalue weighted by Gasteiger charge is 2.39. The van der Waals surface area contributed by atoms with Crippen molar-refractivity contribution < 1.29 is 76.1 Å². The molecule has 0 bridgehead atoms. The lowest BCUT2D eigenvalue weighted by Gasteiger charge is -2.29. The second-order valence-corrected chi connectivity index (χ2v) is 19.3. The number of phenols is 1. The van der Waals surface area contributed by atoms with Gasteiger partial charge in [0.25, 0.3) is 0 Å². The maximum atomic E-state index is 14.2. The number of halogens is 3. The number of rotatable bonds is 39. The van der Waals surface area contributed by atoms with Crippen LogP contribution in [-0.4, -0.2) is 162 Å². The molecule has 0 aliphatic carbocycles. The van der Waals surface area contributed by atoms with Gasteiger partial charge in [0.05, 0.1) is 12.5 Å². The number of benzene rings is 1. The maximum Gasteiger partial charge on any atom is 0.490 e. The Hall–Kier alpha value is -7.91. The zero-order valence-electron chi connectivity index (χ0n) is 46.1. The standard InChI is InChI=1S/C47H83N17O11.C2HF3O2/c1-26(2)38(46(75)62-32(12-5-8-22-50)42(71)63-35(25-37(53)67)45(74)58-30(39(54)68)10-3-6-20-48)64-44(73)33(13-9-23-57-47(55)56)60-43(72)34(18-19-36(52)66)61-41(70)31(11-4-7-21-49)59-40(69)29(51)24-27-14-16-28(65)17-15-27;3-2(4,5)1(6)7/h14-17,26,29-35,38,65H,3-13,18-25,48-51H2,1-2H3,(H2,52,66)(H2,53,67)(H2,54,68)(H,58,74)(H,59,69)(H,60,72)(H,61,70)(H,62,75)(H,63,71)(H,64,73)(H4,55,56,57);(H,6,7)/t29-,30-,31-,32-,33-,34-,35-,38-;/m0./s1. The zero-order chi connectivity index (χ0) is 62.7. The smallest absolute Gasteiger partial charge is 0.490 e. The molecule has 464 valence electrons. The van der Waals surface area contributed by atoms with E-state index in [9.17, 15) is 66.2 Å². The summed E-state index contributed by atoms with van der Waals surface area (Å²) in [5.41, 5.74) is 51.1. The number of unbranched alkanes of at least 4 members (excludes halogenated alkanes) is 3. The lowest BCUT2D eigenvalue weighted by molar-refractivity contribution is -0.192. The number of hydrogen-bond donors (Lipinski definition) is 18. The molecule has 0 fully saturated rings. The predicted octanol–water partition coefficient (Wildman–Crippen LogP) is -4.99. The van der Waals surface area contributed by atoms with E-state index in [2.05, 4.69) is 42.2 Å². The van der Waals surface area contributed by atoms with Crippen LogP contribution in [0.2, 0.25) is 0 Å². The molecule has 82 heavy (non-hydrogen) atoms. The Kier molecular flexibility index (Phi) is 35.7. The van der Waals surface area contributed by atoms with Crippen molar-refractivity contribution in [2.45, 2.75) is 165 Å². The average molecular weight is 1180 g/mol. The van der Waals surface area contributed by atoms with Gasteiger partial charge >= 0.3 is 12.1 Å². The van der Waals surface area contributed by atoms with Crippen LogP contribution in [0.4, 0.5) is 13.2 Å². The molecule has 1 aromatic rings. The van der Waals surface area contributed by atoms with E-state index in [1.165, 1.54) is 12.1 Å². The third-order valence-corrected chi connectivity index (χ3v) is 11.9. The highest BCUT2D eigenvalue weighted by molar-refractivity contribution is 5.98. The predicted molar refractivity (Wildman–Crippen MR) is 292 cm³/mol. The highest BCUT2D eigenvalue weighted by atomic mass is 19.4. The van der Waals surface area contributed by atoms with Gasteiger partial charge in [0, 0.05) is 13.0 Å². The number of nitrogens with two attached hydrogens (primary N) is 9. The average Bonchev–Trinajstić information content (AvgIpc) is 3.39. The Labute approximate surface area is 472 Å². The highest BCUT2D eigenvalue weighted by Crippen LogP contribution is 2.15. The largest absolute Gasteiger partial charge is 0.508 e. The lowest BCUT2D eigenvalue weighted by atomic mass is 10.00. The number of carboxylic acids is 1. The number of hydrogen-bond acceptors (Lipinski definition) is 17. The van der Waals surface area contributed by atoms with Crippen molar-refractivity contribution in [2.24, 2.45) is 62.5 Å². The topological polar surface area (TPSA) is 559 Å². The molecule has 0 spiro atoms. The second kappa shape index (κ2) is 39.5. The molecule has 0 saturated heterocycles. The SMILES string of the molecule is CC(C)[C@H](NC(=O)[C@H](CCCN=C(N)N)NC(=O)[C@H](CCC(N)=O)NC(=O)[C@H](CCCCN)NC(=O)[C@@H](N)Cc1ccc(O)cc1)C(=O)N[C@@H](CCCCN)C(=O)N[C@@H](CC(N)=O)C(=O)N[C@@H](CCCCN)C(N)=O.O=C(O)C(F)(F)F. The van der Waals surface area contributed by atoms with E-state index in [0.717, 1.165) is 0 Å². The molecule has 0 saturated carbocycles. The molecule has 33 heteroatoms. The summed E-state index contributed by atoms with van der Waals surface area (Å²) in [6.07, 6.45) is -3.77. The Morgan fingerprint density at radius 2 is 0.902 bits per heavy atom. The molecule has 0 aliphatic heterocycles. The monoisotopic (exact) mass is 1180 g/mol. The van der Waals surface area contributed by atoms with Crippen molar-refractivity contribution in [1.29, 1.82) is 0 Å². The van der Waals surface area contributed by atoms with Crippen LogP contribution < -0.4 is 88.8 Å². The second-order valence-electron chi connectivity index (χ2n) is 19.3. The van der Waals surface area contributed by atoms with Gasteiger partial charge in [0.15, 0.2) is 5.96 Å². The summed E-state index contributed by atoms with van der Waals surface area (Å²) < 4.78 is 31.7. The number of alkyl halides is 3. The molecule has 1 aromatic carbocycles. The maximum absolute atomic E-state index is 14.2. The minimum absolute atomic E-state index is 0.00279. The Morgan fingerprint density at radius 1 is 0.524 bits per heavy atom. The Morgan fingerprint density at radius 3 is 1.30 bits per heavy atom. The van der Waals surface area contributed by atoms with Crippen LogP contribution in [0.25, 0.3) is 0 Å². The van der Waals surface area contributed by atoms with Gasteiger partial charge in [-0.2, -0.15) is 13.2 Å². The van der Waals surface area contributed by atoms with Crippen molar-refractivity contribution in [3.8, 4) is 5.75 Å². The zero-order valence-corrected chi connectivity index (χ0v) is 46.1.